The van der Waals surface area contributed by atoms with Crippen LogP contribution in [0.4, 0.5) is 0 Å². The van der Waals surface area contributed by atoms with Crippen LogP contribution in [0.2, 0.25) is 0 Å². The minimum absolute atomic E-state index is 1.10. The molecular formula is C17H33N2+. The maximum Gasteiger partial charge on any atom is 0.256 e. The number of rotatable bonds is 11. The first kappa shape index (κ1) is 16.3. The Hall–Kier alpha value is -0.790. The Bertz CT molecular complexity index is 328. The molecule has 1 aromatic rings. The Morgan fingerprint density at radius 3 is 2.26 bits per heavy atom. The molecule has 19 heavy (non-hydrogen) atoms. The molecule has 1 heterocycles. The van der Waals surface area contributed by atoms with Crippen molar-refractivity contribution in [1.29, 1.82) is 0 Å². The molecule has 0 aliphatic carbocycles. The SMILES string of the molecule is CCCCCCC[n+]1ccn(CC)c1CCCCC. The van der Waals surface area contributed by atoms with E-state index >= 15 is 0 Å². The average Bonchev–Trinajstić information content (AvgIpc) is 2.81. The lowest BCUT2D eigenvalue weighted by Crippen LogP contribution is -2.37. The van der Waals surface area contributed by atoms with E-state index in [1.165, 1.54) is 70.2 Å². The van der Waals surface area contributed by atoms with E-state index in [0.717, 1.165) is 6.54 Å². The van der Waals surface area contributed by atoms with Gasteiger partial charge in [0.1, 0.15) is 12.4 Å². The van der Waals surface area contributed by atoms with Crippen LogP contribution in [0.3, 0.4) is 0 Å². The molecule has 0 bridgehead atoms. The largest absolute Gasteiger partial charge is 0.256 e. The van der Waals surface area contributed by atoms with E-state index in [0.29, 0.717) is 0 Å². The van der Waals surface area contributed by atoms with Gasteiger partial charge in [-0.3, -0.25) is 0 Å². The molecule has 1 rings (SSSR count). The summed E-state index contributed by atoms with van der Waals surface area (Å²) in [5, 5.41) is 0. The van der Waals surface area contributed by atoms with Gasteiger partial charge in [0.05, 0.1) is 13.1 Å². The highest BCUT2D eigenvalue weighted by atomic mass is 15.1. The predicted octanol–water partition coefficient (Wildman–Crippen LogP) is 4.50. The lowest BCUT2D eigenvalue weighted by Gasteiger charge is -2.04. The zero-order valence-electron chi connectivity index (χ0n) is 13.3. The molecule has 0 aromatic carbocycles. The summed E-state index contributed by atoms with van der Waals surface area (Å²) >= 11 is 0. The van der Waals surface area contributed by atoms with Crippen molar-refractivity contribution in [2.45, 2.75) is 91.6 Å². The van der Waals surface area contributed by atoms with Gasteiger partial charge in [-0.05, 0) is 26.2 Å². The van der Waals surface area contributed by atoms with Crippen LogP contribution in [0.15, 0.2) is 12.4 Å². The number of hydrogen-bond donors (Lipinski definition) is 0. The average molecular weight is 265 g/mol. The molecule has 0 saturated heterocycles. The van der Waals surface area contributed by atoms with Gasteiger partial charge in [0, 0.05) is 6.42 Å². The molecule has 0 radical (unpaired) electrons. The lowest BCUT2D eigenvalue weighted by atomic mass is 10.1. The minimum atomic E-state index is 1.10. The van der Waals surface area contributed by atoms with Crippen LogP contribution in [-0.2, 0) is 19.5 Å². The van der Waals surface area contributed by atoms with Gasteiger partial charge < -0.3 is 0 Å². The normalized spacial score (nSPS) is 11.1. The number of aryl methyl sites for hydroxylation is 2. The Labute approximate surface area is 119 Å². The van der Waals surface area contributed by atoms with Crippen LogP contribution in [0.1, 0.15) is 78.0 Å². The topological polar surface area (TPSA) is 8.81 Å². The summed E-state index contributed by atoms with van der Waals surface area (Å²) in [6, 6.07) is 0. The molecule has 0 aliphatic heterocycles. The lowest BCUT2D eigenvalue weighted by molar-refractivity contribution is -0.704. The molecule has 2 heteroatoms. The molecule has 0 N–H and O–H groups in total. The van der Waals surface area contributed by atoms with Crippen molar-refractivity contribution in [2.24, 2.45) is 0 Å². The van der Waals surface area contributed by atoms with Gasteiger partial charge in [0.2, 0.25) is 0 Å². The number of imidazole rings is 1. The highest BCUT2D eigenvalue weighted by Crippen LogP contribution is 2.06. The second kappa shape index (κ2) is 10.1. The van der Waals surface area contributed by atoms with Gasteiger partial charge in [0.15, 0.2) is 0 Å². The summed E-state index contributed by atoms with van der Waals surface area (Å²) < 4.78 is 4.91. The van der Waals surface area contributed by atoms with Gasteiger partial charge >= 0.3 is 0 Å². The van der Waals surface area contributed by atoms with Gasteiger partial charge in [0.25, 0.3) is 5.82 Å². The molecule has 0 fully saturated rings. The first-order valence-electron chi connectivity index (χ1n) is 8.40. The summed E-state index contributed by atoms with van der Waals surface area (Å²) in [5.41, 5.74) is 0. The van der Waals surface area contributed by atoms with Gasteiger partial charge in [-0.25, -0.2) is 9.13 Å². The number of nitrogens with zero attached hydrogens (tertiary/aromatic N) is 2. The van der Waals surface area contributed by atoms with Crippen LogP contribution in [0.25, 0.3) is 0 Å². The second-order valence-electron chi connectivity index (χ2n) is 5.57. The van der Waals surface area contributed by atoms with Gasteiger partial charge in [-0.1, -0.05) is 46.0 Å². The third-order valence-electron chi connectivity index (χ3n) is 3.94. The maximum absolute atomic E-state index is 2.49. The molecule has 0 saturated carbocycles. The second-order valence-corrected chi connectivity index (χ2v) is 5.57. The predicted molar refractivity (Wildman–Crippen MR) is 82.3 cm³/mol. The van der Waals surface area contributed by atoms with E-state index in [1.807, 2.05) is 0 Å². The zero-order valence-corrected chi connectivity index (χ0v) is 13.3. The fourth-order valence-electron chi connectivity index (χ4n) is 2.70. The van der Waals surface area contributed by atoms with Crippen LogP contribution >= 0.6 is 0 Å². The van der Waals surface area contributed by atoms with E-state index in [-0.39, 0.29) is 0 Å². The van der Waals surface area contributed by atoms with Crippen molar-refractivity contribution in [3.8, 4) is 0 Å². The number of hydrogen-bond acceptors (Lipinski definition) is 0. The number of unbranched alkanes of at least 4 members (excludes halogenated alkanes) is 6. The maximum atomic E-state index is 2.49. The Morgan fingerprint density at radius 2 is 1.58 bits per heavy atom. The first-order chi connectivity index (χ1) is 9.33. The zero-order chi connectivity index (χ0) is 13.9. The van der Waals surface area contributed by atoms with Crippen molar-refractivity contribution < 1.29 is 4.57 Å². The molecule has 0 atom stereocenters. The molecule has 0 aliphatic rings. The Morgan fingerprint density at radius 1 is 0.895 bits per heavy atom. The molecule has 110 valence electrons. The van der Waals surface area contributed by atoms with E-state index in [4.69, 9.17) is 0 Å². The highest BCUT2D eigenvalue weighted by Gasteiger charge is 2.14. The number of aromatic nitrogens is 2. The molecule has 2 nitrogen and oxygen atoms in total. The van der Waals surface area contributed by atoms with Crippen molar-refractivity contribution in [1.82, 2.24) is 4.57 Å². The highest BCUT2D eigenvalue weighted by molar-refractivity contribution is 4.83. The molecule has 0 unspecified atom stereocenters. The van der Waals surface area contributed by atoms with Crippen molar-refractivity contribution in [3.63, 3.8) is 0 Å². The monoisotopic (exact) mass is 265 g/mol. The van der Waals surface area contributed by atoms with Crippen molar-refractivity contribution >= 4 is 0 Å². The van der Waals surface area contributed by atoms with Crippen LogP contribution in [0, 0.1) is 0 Å². The third kappa shape index (κ3) is 5.80. The smallest absolute Gasteiger partial charge is 0.235 e. The van der Waals surface area contributed by atoms with E-state index in [9.17, 15) is 0 Å². The minimum Gasteiger partial charge on any atom is -0.235 e. The molecular weight excluding hydrogens is 232 g/mol. The summed E-state index contributed by atoms with van der Waals surface area (Å²) in [6.45, 7) is 9.11. The van der Waals surface area contributed by atoms with Gasteiger partial charge in [-0.15, -0.1) is 0 Å². The Kier molecular flexibility index (Phi) is 8.61. The van der Waals surface area contributed by atoms with Gasteiger partial charge in [-0.2, -0.15) is 0 Å². The summed E-state index contributed by atoms with van der Waals surface area (Å²) in [6.07, 6.45) is 16.6. The fourth-order valence-corrected chi connectivity index (χ4v) is 2.70. The van der Waals surface area contributed by atoms with Crippen LogP contribution < -0.4 is 4.57 Å². The molecule has 0 spiro atoms. The van der Waals surface area contributed by atoms with Crippen LogP contribution in [0.5, 0.6) is 0 Å². The van der Waals surface area contributed by atoms with E-state index in [2.05, 4.69) is 42.3 Å². The van der Waals surface area contributed by atoms with Crippen molar-refractivity contribution in [2.75, 3.05) is 0 Å². The van der Waals surface area contributed by atoms with E-state index in [1.54, 1.807) is 0 Å². The first-order valence-corrected chi connectivity index (χ1v) is 8.40. The summed E-state index contributed by atoms with van der Waals surface area (Å²) in [7, 11) is 0. The third-order valence-corrected chi connectivity index (χ3v) is 3.94. The van der Waals surface area contributed by atoms with Crippen molar-refractivity contribution in [3.05, 3.63) is 18.2 Å². The Balaban J connectivity index is 2.44. The molecule has 0 amide bonds. The standard InChI is InChI=1S/C17H33N2/c1-4-7-9-10-12-14-19-16-15-18(6-3)17(19)13-11-8-5-2/h15-16H,4-14H2,1-3H3/q+1. The summed E-state index contributed by atoms with van der Waals surface area (Å²) in [5.74, 6) is 1.53. The summed E-state index contributed by atoms with van der Waals surface area (Å²) in [4.78, 5) is 0. The van der Waals surface area contributed by atoms with Crippen LogP contribution in [-0.4, -0.2) is 4.57 Å². The fraction of sp³-hybridized carbons (Fsp3) is 0.824. The molecule has 1 aromatic heterocycles. The van der Waals surface area contributed by atoms with E-state index < -0.39 is 0 Å². The quantitative estimate of drug-likeness (QED) is 0.411.